The van der Waals surface area contributed by atoms with Gasteiger partial charge in [-0.05, 0) is 45.5 Å². The fourth-order valence-electron chi connectivity index (χ4n) is 3.07. The van der Waals surface area contributed by atoms with Gasteiger partial charge in [0.05, 0.1) is 0 Å². The Morgan fingerprint density at radius 3 is 1.05 bits per heavy atom. The van der Waals surface area contributed by atoms with E-state index in [0.29, 0.717) is 0 Å². The van der Waals surface area contributed by atoms with Gasteiger partial charge in [0.15, 0.2) is 0 Å². The molecule has 0 spiro atoms. The zero-order valence-electron chi connectivity index (χ0n) is 12.6. The first-order valence-electron chi connectivity index (χ1n) is 6.78. The maximum Gasteiger partial charge on any atom is 0 e. The van der Waals surface area contributed by atoms with Crippen LogP contribution in [0.3, 0.4) is 0 Å². The molecule has 3 aromatic carbocycles. The quantitative estimate of drug-likeness (QED) is 0.423. The van der Waals surface area contributed by atoms with Crippen molar-refractivity contribution in [3.05, 3.63) is 67.1 Å². The van der Waals surface area contributed by atoms with Crippen LogP contribution in [-0.4, -0.2) is 0 Å². The van der Waals surface area contributed by atoms with E-state index in [1.54, 1.807) is 0 Å². The van der Waals surface area contributed by atoms with Gasteiger partial charge >= 0.3 is 0 Å². The summed E-state index contributed by atoms with van der Waals surface area (Å²) in [6, 6.07) is 17.6. The molecule has 0 saturated carbocycles. The normalized spacial score (nSPS) is 10.1. The van der Waals surface area contributed by atoms with Gasteiger partial charge in [0, 0.05) is 32.7 Å². The Hall–Kier alpha value is -0.716. The van der Waals surface area contributed by atoms with Crippen LogP contribution >= 0.6 is 0 Å². The molecule has 20 heavy (non-hydrogen) atoms. The average molecular weight is 338 g/mol. The van der Waals surface area contributed by atoms with Crippen LogP contribution in [0.5, 0.6) is 0 Å². The summed E-state index contributed by atoms with van der Waals surface area (Å²) < 4.78 is 0. The standard InChI is InChI=1S/C18H18.CH3.Y/c1-3-13-15-9-5-7-11-17(15)14(4-2)18-12-8-6-10-16(13)18;;/h5-12H,3-4H2,1-2H3;1H3;/q;-1;. The van der Waals surface area contributed by atoms with Crippen molar-refractivity contribution in [1.82, 2.24) is 0 Å². The molecular weight excluding hydrogens is 317 g/mol. The number of hydrogen-bond acceptors (Lipinski definition) is 0. The first kappa shape index (κ1) is 17.3. The predicted molar refractivity (Wildman–Crippen MR) is 86.6 cm³/mol. The summed E-state index contributed by atoms with van der Waals surface area (Å²) in [6.07, 6.45) is 2.18. The van der Waals surface area contributed by atoms with Gasteiger partial charge in [0.25, 0.3) is 0 Å². The Balaban J connectivity index is 0.000001000. The maximum absolute atomic E-state index is 2.26. The predicted octanol–water partition coefficient (Wildman–Crippen LogP) is 5.57. The summed E-state index contributed by atoms with van der Waals surface area (Å²) in [5.41, 5.74) is 2.97. The van der Waals surface area contributed by atoms with E-state index in [1.807, 2.05) is 0 Å². The summed E-state index contributed by atoms with van der Waals surface area (Å²) in [6.45, 7) is 4.50. The van der Waals surface area contributed by atoms with Crippen molar-refractivity contribution in [2.45, 2.75) is 26.7 Å². The van der Waals surface area contributed by atoms with E-state index in [1.165, 1.54) is 32.7 Å². The van der Waals surface area contributed by atoms with Gasteiger partial charge in [0.1, 0.15) is 0 Å². The smallest absolute Gasteiger partial charge is 0 e. The SMILES string of the molecule is CCc1c2ccccc2c(CC)c2ccccc12.[CH3-].[Y]. The molecule has 101 valence electrons. The van der Waals surface area contributed by atoms with Crippen LogP contribution in [0.15, 0.2) is 48.5 Å². The van der Waals surface area contributed by atoms with E-state index in [4.69, 9.17) is 0 Å². The molecular formula is C19H21Y-. The van der Waals surface area contributed by atoms with Crippen molar-refractivity contribution in [2.75, 3.05) is 0 Å². The van der Waals surface area contributed by atoms with Crippen LogP contribution in [0.1, 0.15) is 25.0 Å². The summed E-state index contributed by atoms with van der Waals surface area (Å²) in [5, 5.41) is 5.71. The molecule has 0 N–H and O–H groups in total. The largest absolute Gasteiger partial charge is 0.358 e. The van der Waals surface area contributed by atoms with Crippen molar-refractivity contribution in [3.8, 4) is 0 Å². The van der Waals surface area contributed by atoms with Gasteiger partial charge < -0.3 is 7.43 Å². The molecule has 0 amide bonds. The number of aryl methyl sites for hydroxylation is 2. The summed E-state index contributed by atoms with van der Waals surface area (Å²) >= 11 is 0. The second-order valence-corrected chi connectivity index (χ2v) is 4.76. The molecule has 0 aliphatic heterocycles. The molecule has 0 aliphatic carbocycles. The summed E-state index contributed by atoms with van der Waals surface area (Å²) in [7, 11) is 0. The van der Waals surface area contributed by atoms with E-state index in [-0.39, 0.29) is 40.1 Å². The zero-order chi connectivity index (χ0) is 12.5. The van der Waals surface area contributed by atoms with Crippen LogP contribution in [0, 0.1) is 7.43 Å². The molecule has 0 aromatic heterocycles. The number of benzene rings is 3. The van der Waals surface area contributed by atoms with E-state index < -0.39 is 0 Å². The Morgan fingerprint density at radius 1 is 0.600 bits per heavy atom. The van der Waals surface area contributed by atoms with Crippen LogP contribution < -0.4 is 0 Å². The minimum Gasteiger partial charge on any atom is -0.358 e. The Morgan fingerprint density at radius 2 is 0.850 bits per heavy atom. The van der Waals surface area contributed by atoms with Crippen molar-refractivity contribution < 1.29 is 32.7 Å². The number of fused-ring (bicyclic) bond motifs is 2. The second kappa shape index (κ2) is 7.34. The van der Waals surface area contributed by atoms with Crippen LogP contribution in [0.25, 0.3) is 21.5 Å². The van der Waals surface area contributed by atoms with Crippen LogP contribution in [0.2, 0.25) is 0 Å². The second-order valence-electron chi connectivity index (χ2n) is 4.76. The fraction of sp³-hybridized carbons (Fsp3) is 0.211. The molecule has 3 aromatic rings. The molecule has 3 rings (SSSR count). The number of hydrogen-bond donors (Lipinski definition) is 0. The molecule has 0 unspecified atom stereocenters. The van der Waals surface area contributed by atoms with E-state index in [0.717, 1.165) is 12.8 Å². The van der Waals surface area contributed by atoms with Gasteiger partial charge in [-0.15, -0.1) is 0 Å². The van der Waals surface area contributed by atoms with Crippen LogP contribution in [0.4, 0.5) is 0 Å². The number of rotatable bonds is 2. The van der Waals surface area contributed by atoms with Gasteiger partial charge in [-0.25, -0.2) is 0 Å². The third kappa shape index (κ3) is 2.69. The molecule has 0 bridgehead atoms. The molecule has 0 saturated heterocycles. The molecule has 0 nitrogen and oxygen atoms in total. The molecule has 0 atom stereocenters. The first-order valence-corrected chi connectivity index (χ1v) is 6.78. The molecule has 0 aliphatic rings. The fourth-order valence-corrected chi connectivity index (χ4v) is 3.07. The monoisotopic (exact) mass is 338 g/mol. The molecule has 1 heteroatoms. The van der Waals surface area contributed by atoms with Gasteiger partial charge in [-0.1, -0.05) is 62.4 Å². The van der Waals surface area contributed by atoms with Crippen molar-refractivity contribution in [3.63, 3.8) is 0 Å². The van der Waals surface area contributed by atoms with E-state index >= 15 is 0 Å². The average Bonchev–Trinajstić information content (AvgIpc) is 2.44. The Bertz CT molecular complexity index is 594. The third-order valence-electron chi connectivity index (χ3n) is 3.86. The van der Waals surface area contributed by atoms with Crippen molar-refractivity contribution in [1.29, 1.82) is 0 Å². The summed E-state index contributed by atoms with van der Waals surface area (Å²) in [5.74, 6) is 0. The van der Waals surface area contributed by atoms with Crippen LogP contribution in [-0.2, 0) is 45.6 Å². The molecule has 0 fully saturated rings. The van der Waals surface area contributed by atoms with E-state index in [9.17, 15) is 0 Å². The minimum absolute atomic E-state index is 0. The topological polar surface area (TPSA) is 0 Å². The molecule has 0 heterocycles. The minimum atomic E-state index is 0. The maximum atomic E-state index is 2.26. The van der Waals surface area contributed by atoms with Gasteiger partial charge in [-0.2, -0.15) is 0 Å². The van der Waals surface area contributed by atoms with Crippen molar-refractivity contribution in [2.24, 2.45) is 0 Å². The zero-order valence-corrected chi connectivity index (χ0v) is 15.4. The van der Waals surface area contributed by atoms with E-state index in [2.05, 4.69) is 62.4 Å². The van der Waals surface area contributed by atoms with Crippen molar-refractivity contribution >= 4 is 21.5 Å². The third-order valence-corrected chi connectivity index (χ3v) is 3.86. The summed E-state index contributed by atoms with van der Waals surface area (Å²) in [4.78, 5) is 0. The Labute approximate surface area is 147 Å². The van der Waals surface area contributed by atoms with Gasteiger partial charge in [-0.3, -0.25) is 0 Å². The Kier molecular flexibility index (Phi) is 6.36. The van der Waals surface area contributed by atoms with Gasteiger partial charge in [0.2, 0.25) is 0 Å². The first-order chi connectivity index (χ1) is 8.86. The molecule has 1 radical (unpaired) electrons.